The van der Waals surface area contributed by atoms with E-state index in [9.17, 15) is 12.6 Å². The fraction of sp³-hybridized carbons (Fsp3) is 0.429. The summed E-state index contributed by atoms with van der Waals surface area (Å²) in [6.07, 6.45) is 5.93. The molecule has 1 rings (SSSR count). The molecule has 6 nitrogen and oxygen atoms in total. The second-order valence-electron chi connectivity index (χ2n) is 4.74. The lowest BCUT2D eigenvalue weighted by Crippen LogP contribution is -2.22. The highest BCUT2D eigenvalue weighted by molar-refractivity contribution is 7.92. The van der Waals surface area contributed by atoms with E-state index in [0.29, 0.717) is 23.4 Å². The van der Waals surface area contributed by atoms with Crippen LogP contribution in [-0.4, -0.2) is 43.8 Å². The lowest BCUT2D eigenvalue weighted by Gasteiger charge is -2.17. The van der Waals surface area contributed by atoms with Crippen LogP contribution >= 0.6 is 0 Å². The molecule has 0 aliphatic rings. The molecule has 0 saturated carbocycles. The molecule has 0 amide bonds. The highest BCUT2D eigenvalue weighted by Crippen LogP contribution is 2.19. The Kier molecular flexibility index (Phi) is 6.41. The van der Waals surface area contributed by atoms with Gasteiger partial charge in [0.05, 0.1) is 10.6 Å². The van der Waals surface area contributed by atoms with Crippen LogP contribution in [0.25, 0.3) is 0 Å². The monoisotopic (exact) mass is 343 g/mol. The molecule has 0 aliphatic heterocycles. The van der Waals surface area contributed by atoms with Gasteiger partial charge >= 0.3 is 0 Å². The van der Waals surface area contributed by atoms with Gasteiger partial charge in [0.1, 0.15) is 9.92 Å². The number of anilines is 1. The lowest BCUT2D eigenvalue weighted by molar-refractivity contribution is 0.591. The zero-order valence-electron chi connectivity index (χ0n) is 12.9. The number of hydrogen-bond acceptors (Lipinski definition) is 4. The number of hydrogen-bond donors (Lipinski definition) is 1. The van der Waals surface area contributed by atoms with Crippen LogP contribution in [0.15, 0.2) is 33.5 Å². The van der Waals surface area contributed by atoms with Gasteiger partial charge in [-0.1, -0.05) is 0 Å². The Balaban J connectivity index is 2.91. The molecule has 1 aromatic carbocycles. The van der Waals surface area contributed by atoms with Gasteiger partial charge < -0.3 is 0 Å². The Morgan fingerprint density at radius 2 is 1.82 bits per heavy atom. The minimum Gasteiger partial charge on any atom is -0.284 e. The highest BCUT2D eigenvalue weighted by Gasteiger charge is 2.15. The molecule has 8 heteroatoms. The van der Waals surface area contributed by atoms with Gasteiger partial charge in [0.2, 0.25) is 10.0 Å². The highest BCUT2D eigenvalue weighted by atomic mass is 32.2. The van der Waals surface area contributed by atoms with Crippen LogP contribution in [0.3, 0.4) is 0 Å². The third kappa shape index (κ3) is 4.73. The van der Waals surface area contributed by atoms with E-state index in [1.807, 2.05) is 0 Å². The van der Waals surface area contributed by atoms with Crippen molar-refractivity contribution >= 4 is 25.6 Å². The number of sulfonamides is 1. The molecular formula is C14H21N3O3S2. The van der Waals surface area contributed by atoms with E-state index in [4.69, 9.17) is 6.42 Å². The topological polar surface area (TPSA) is 78.8 Å². The Bertz CT molecular complexity index is 754. The average Bonchev–Trinajstić information content (AvgIpc) is 2.46. The van der Waals surface area contributed by atoms with E-state index in [0.717, 1.165) is 0 Å². The second kappa shape index (κ2) is 7.63. The molecule has 0 aliphatic carbocycles. The first-order valence-corrected chi connectivity index (χ1v) is 9.74. The number of nitrogens with one attached hydrogen (secondary N) is 1. The van der Waals surface area contributed by atoms with Crippen LogP contribution in [0, 0.1) is 12.3 Å². The summed E-state index contributed by atoms with van der Waals surface area (Å²) < 4.78 is 44.3. The van der Waals surface area contributed by atoms with E-state index in [1.54, 1.807) is 38.4 Å². The predicted molar refractivity (Wildman–Crippen MR) is 90.4 cm³/mol. The Labute approximate surface area is 133 Å². The van der Waals surface area contributed by atoms with Gasteiger partial charge in [-0.25, -0.2) is 21.3 Å². The van der Waals surface area contributed by atoms with E-state index in [1.165, 1.54) is 11.4 Å². The first-order chi connectivity index (χ1) is 10.2. The van der Waals surface area contributed by atoms with Crippen molar-refractivity contribution in [2.75, 3.05) is 31.6 Å². The predicted octanol–water partition coefficient (Wildman–Crippen LogP) is 1.77. The summed E-state index contributed by atoms with van der Waals surface area (Å²) in [7, 11) is -1.22. The van der Waals surface area contributed by atoms with Crippen LogP contribution < -0.4 is 4.72 Å². The smallest absolute Gasteiger partial charge is 0.232 e. The molecule has 0 fully saturated rings. The summed E-state index contributed by atoms with van der Waals surface area (Å²) >= 11 is 0. The molecule has 1 unspecified atom stereocenters. The number of benzene rings is 1. The molecule has 22 heavy (non-hydrogen) atoms. The van der Waals surface area contributed by atoms with Crippen LogP contribution in [0.2, 0.25) is 0 Å². The van der Waals surface area contributed by atoms with Gasteiger partial charge in [-0.2, -0.15) is 0 Å². The molecule has 122 valence electrons. The van der Waals surface area contributed by atoms with E-state index >= 15 is 0 Å². The number of terminal acetylenes is 1. The minimum atomic E-state index is -3.43. The number of rotatable bonds is 7. The fourth-order valence-corrected chi connectivity index (χ4v) is 4.35. The second-order valence-corrected chi connectivity index (χ2v) is 9.15. The van der Waals surface area contributed by atoms with E-state index in [2.05, 4.69) is 15.0 Å². The molecule has 1 atom stereocenters. The Morgan fingerprint density at radius 3 is 2.27 bits per heavy atom. The van der Waals surface area contributed by atoms with Gasteiger partial charge in [-0.05, 0) is 30.7 Å². The summed E-state index contributed by atoms with van der Waals surface area (Å²) in [5.41, 5.74) is 0.418. The van der Waals surface area contributed by atoms with Crippen molar-refractivity contribution in [1.29, 1.82) is 0 Å². The van der Waals surface area contributed by atoms with Gasteiger partial charge in [0, 0.05) is 33.3 Å². The SMILES string of the molecule is C#CCCCS(=O)(=O)Nc1ccc(S(=O)(=NC)N(C)C)cc1. The maximum atomic E-state index is 12.6. The zero-order chi connectivity index (χ0) is 16.8. The van der Waals surface area contributed by atoms with Crippen LogP contribution in [0.4, 0.5) is 5.69 Å². The van der Waals surface area contributed by atoms with Crippen molar-refractivity contribution in [3.8, 4) is 12.3 Å². The molecule has 0 aromatic heterocycles. The molecule has 0 bridgehead atoms. The molecule has 1 N–H and O–H groups in total. The largest absolute Gasteiger partial charge is 0.284 e. The summed E-state index contributed by atoms with van der Waals surface area (Å²) in [5, 5.41) is 0. The Morgan fingerprint density at radius 1 is 1.23 bits per heavy atom. The first-order valence-electron chi connectivity index (χ1n) is 6.62. The van der Waals surface area contributed by atoms with Gasteiger partial charge in [-0.3, -0.25) is 4.72 Å². The number of nitrogens with zero attached hydrogens (tertiary/aromatic N) is 2. The molecule has 0 saturated heterocycles. The van der Waals surface area contributed by atoms with Crippen LogP contribution in [0.1, 0.15) is 12.8 Å². The van der Waals surface area contributed by atoms with Crippen LogP contribution in [0.5, 0.6) is 0 Å². The normalized spacial score (nSPS) is 14.1. The fourth-order valence-electron chi connectivity index (χ4n) is 1.77. The van der Waals surface area contributed by atoms with Gasteiger partial charge in [0.25, 0.3) is 0 Å². The summed E-state index contributed by atoms with van der Waals surface area (Å²) in [6, 6.07) is 6.36. The maximum absolute atomic E-state index is 12.6. The maximum Gasteiger partial charge on any atom is 0.232 e. The Hall–Kier alpha value is -1.56. The molecule has 1 aromatic rings. The van der Waals surface area contributed by atoms with E-state index in [-0.39, 0.29) is 5.75 Å². The van der Waals surface area contributed by atoms with Crippen molar-refractivity contribution < 1.29 is 12.6 Å². The number of unbranched alkanes of at least 4 members (excludes halogenated alkanes) is 1. The van der Waals surface area contributed by atoms with Crippen molar-refractivity contribution in [2.45, 2.75) is 17.7 Å². The average molecular weight is 343 g/mol. The molecule has 0 spiro atoms. The molecule has 0 heterocycles. The third-order valence-corrected chi connectivity index (χ3v) is 6.66. The summed E-state index contributed by atoms with van der Waals surface area (Å²) in [6.45, 7) is 0. The zero-order valence-corrected chi connectivity index (χ0v) is 14.6. The third-order valence-electron chi connectivity index (χ3n) is 2.91. The van der Waals surface area contributed by atoms with Gasteiger partial charge in [0.15, 0.2) is 0 Å². The van der Waals surface area contributed by atoms with E-state index < -0.39 is 19.9 Å². The van der Waals surface area contributed by atoms with Crippen molar-refractivity contribution in [3.05, 3.63) is 24.3 Å². The minimum absolute atomic E-state index is 0.0301. The quantitative estimate of drug-likeness (QED) is 0.605. The standard InChI is InChI=1S/C14H21N3O3S2/c1-5-6-7-12-21(18,19)16-13-8-10-14(11-9-13)22(20,15-2)17(3)4/h1,8-11,16H,6-7,12H2,2-4H3. The molecular weight excluding hydrogens is 322 g/mol. The summed E-state index contributed by atoms with van der Waals surface area (Å²) in [4.78, 5) is 0.523. The van der Waals surface area contributed by atoms with Crippen molar-refractivity contribution in [1.82, 2.24) is 4.31 Å². The first kappa shape index (κ1) is 18.5. The van der Waals surface area contributed by atoms with Crippen molar-refractivity contribution in [3.63, 3.8) is 0 Å². The lowest BCUT2D eigenvalue weighted by atomic mass is 10.3. The summed E-state index contributed by atoms with van der Waals surface area (Å²) in [5.74, 6) is 2.38. The van der Waals surface area contributed by atoms with Gasteiger partial charge in [-0.15, -0.1) is 12.3 Å². The van der Waals surface area contributed by atoms with Crippen molar-refractivity contribution in [2.24, 2.45) is 4.36 Å². The van der Waals surface area contributed by atoms with Crippen LogP contribution in [-0.2, 0) is 19.9 Å². The molecule has 0 radical (unpaired) electrons.